The highest BCUT2D eigenvalue weighted by Gasteiger charge is 2.18. The van der Waals surface area contributed by atoms with Crippen LogP contribution in [0.2, 0.25) is 0 Å². The molecule has 0 aliphatic rings. The minimum atomic E-state index is -3.62. The van der Waals surface area contributed by atoms with Crippen LogP contribution in [0.5, 0.6) is 11.5 Å². The first-order chi connectivity index (χ1) is 11.3. The molecule has 0 bridgehead atoms. The molecular formula is C18H23NO4S. The van der Waals surface area contributed by atoms with Crippen LogP contribution >= 0.6 is 0 Å². The molecule has 2 aromatic carbocycles. The van der Waals surface area contributed by atoms with Crippen molar-refractivity contribution in [1.82, 2.24) is 4.72 Å². The fraction of sp³-hybridized carbons (Fsp3) is 0.333. The van der Waals surface area contributed by atoms with Crippen LogP contribution in [0.25, 0.3) is 0 Å². The Morgan fingerprint density at radius 2 is 1.83 bits per heavy atom. The first kappa shape index (κ1) is 18.3. The molecule has 0 aliphatic carbocycles. The number of sulfonamides is 1. The third-order valence-corrected chi connectivity index (χ3v) is 5.34. The lowest BCUT2D eigenvalue weighted by Crippen LogP contribution is -2.26. The molecule has 0 aromatic heterocycles. The molecule has 2 N–H and O–H groups in total. The maximum Gasteiger partial charge on any atom is 0.240 e. The highest BCUT2D eigenvalue weighted by atomic mass is 32.2. The van der Waals surface area contributed by atoms with Crippen molar-refractivity contribution in [2.24, 2.45) is 0 Å². The number of para-hydroxylation sites is 1. The molecule has 2 rings (SSSR count). The van der Waals surface area contributed by atoms with Gasteiger partial charge < -0.3 is 9.84 Å². The number of phenolic OH excluding ortho intramolecular Hbond substituents is 1. The highest BCUT2D eigenvalue weighted by molar-refractivity contribution is 7.89. The number of aryl methyl sites for hydroxylation is 2. The number of benzene rings is 2. The molecule has 2 aromatic rings. The first-order valence-corrected chi connectivity index (χ1v) is 9.34. The Bertz CT molecular complexity index is 816. The van der Waals surface area contributed by atoms with Crippen LogP contribution < -0.4 is 9.46 Å². The van der Waals surface area contributed by atoms with Gasteiger partial charge >= 0.3 is 0 Å². The van der Waals surface area contributed by atoms with Crippen molar-refractivity contribution in [3.05, 3.63) is 53.1 Å². The number of hydrogen-bond donors (Lipinski definition) is 2. The number of ether oxygens (including phenoxy) is 1. The number of hydrogen-bond acceptors (Lipinski definition) is 4. The Kier molecular flexibility index (Phi) is 5.85. The van der Waals surface area contributed by atoms with Crippen LogP contribution in [0.1, 0.15) is 23.6 Å². The Balaban J connectivity index is 2.13. The lowest BCUT2D eigenvalue weighted by molar-refractivity contribution is 0.337. The molecule has 5 nitrogen and oxygen atoms in total. The van der Waals surface area contributed by atoms with Crippen molar-refractivity contribution in [1.29, 1.82) is 0 Å². The molecule has 0 spiro atoms. The zero-order chi connectivity index (χ0) is 17.7. The summed E-state index contributed by atoms with van der Waals surface area (Å²) in [6.45, 7) is 6.21. The van der Waals surface area contributed by atoms with E-state index in [1.54, 1.807) is 37.3 Å². The van der Waals surface area contributed by atoms with Crippen LogP contribution in [-0.4, -0.2) is 26.7 Å². The Morgan fingerprint density at radius 1 is 1.12 bits per heavy atom. The van der Waals surface area contributed by atoms with Crippen LogP contribution in [0.15, 0.2) is 41.3 Å². The molecule has 0 unspecified atom stereocenters. The molecule has 0 saturated carbocycles. The molecule has 130 valence electrons. The van der Waals surface area contributed by atoms with Crippen molar-refractivity contribution < 1.29 is 18.3 Å². The minimum Gasteiger partial charge on any atom is -0.508 e. The van der Waals surface area contributed by atoms with E-state index in [4.69, 9.17) is 4.74 Å². The molecular weight excluding hydrogens is 326 g/mol. The van der Waals surface area contributed by atoms with Crippen molar-refractivity contribution >= 4 is 10.0 Å². The van der Waals surface area contributed by atoms with E-state index >= 15 is 0 Å². The molecule has 0 amide bonds. The van der Waals surface area contributed by atoms with Gasteiger partial charge in [0.15, 0.2) is 0 Å². The zero-order valence-corrected chi connectivity index (χ0v) is 15.0. The van der Waals surface area contributed by atoms with Crippen molar-refractivity contribution in [2.45, 2.75) is 32.1 Å². The quantitative estimate of drug-likeness (QED) is 0.806. The summed E-state index contributed by atoms with van der Waals surface area (Å²) in [5, 5.41) is 9.73. The Hall–Kier alpha value is -2.05. The predicted octanol–water partition coefficient (Wildman–Crippen LogP) is 2.93. The first-order valence-electron chi connectivity index (χ1n) is 7.85. The monoisotopic (exact) mass is 349 g/mol. The molecule has 0 saturated heterocycles. The van der Waals surface area contributed by atoms with Gasteiger partial charge in [-0.25, -0.2) is 13.1 Å². The van der Waals surface area contributed by atoms with Gasteiger partial charge in [0.2, 0.25) is 10.0 Å². The van der Waals surface area contributed by atoms with E-state index in [0.717, 1.165) is 5.56 Å². The summed E-state index contributed by atoms with van der Waals surface area (Å²) >= 11 is 0. The molecule has 24 heavy (non-hydrogen) atoms. The van der Waals surface area contributed by atoms with Crippen LogP contribution in [-0.2, 0) is 16.4 Å². The largest absolute Gasteiger partial charge is 0.508 e. The Labute approximate surface area is 143 Å². The normalized spacial score (nSPS) is 11.5. The second-order valence-electron chi connectivity index (χ2n) is 5.59. The molecule has 0 radical (unpaired) electrons. The molecule has 0 aliphatic heterocycles. The molecule has 0 fully saturated rings. The van der Waals surface area contributed by atoms with Gasteiger partial charge in [0.1, 0.15) is 11.5 Å². The number of rotatable bonds is 7. The van der Waals surface area contributed by atoms with E-state index in [-0.39, 0.29) is 17.2 Å². The lowest BCUT2D eigenvalue weighted by Gasteiger charge is -2.14. The van der Waals surface area contributed by atoms with Gasteiger partial charge in [0.25, 0.3) is 0 Å². The van der Waals surface area contributed by atoms with Gasteiger partial charge in [-0.15, -0.1) is 0 Å². The van der Waals surface area contributed by atoms with Crippen molar-refractivity contribution in [3.63, 3.8) is 0 Å². The van der Waals surface area contributed by atoms with E-state index in [1.807, 2.05) is 19.9 Å². The Morgan fingerprint density at radius 3 is 2.50 bits per heavy atom. The van der Waals surface area contributed by atoms with Gasteiger partial charge in [0, 0.05) is 6.54 Å². The van der Waals surface area contributed by atoms with E-state index in [9.17, 15) is 13.5 Å². The topological polar surface area (TPSA) is 75.6 Å². The molecule has 0 heterocycles. The summed E-state index contributed by atoms with van der Waals surface area (Å²) in [5.41, 5.74) is 2.13. The third-order valence-electron chi connectivity index (χ3n) is 3.74. The van der Waals surface area contributed by atoms with Crippen LogP contribution in [0.3, 0.4) is 0 Å². The van der Waals surface area contributed by atoms with Gasteiger partial charge in [-0.05, 0) is 62.1 Å². The second kappa shape index (κ2) is 7.68. The second-order valence-corrected chi connectivity index (χ2v) is 7.33. The number of phenols is 1. The summed E-state index contributed by atoms with van der Waals surface area (Å²) in [4.78, 5) is 0.251. The van der Waals surface area contributed by atoms with E-state index in [1.165, 1.54) is 0 Å². The van der Waals surface area contributed by atoms with Gasteiger partial charge in [0.05, 0.1) is 11.5 Å². The average molecular weight is 349 g/mol. The molecule has 6 heteroatoms. The van der Waals surface area contributed by atoms with Crippen molar-refractivity contribution in [2.75, 3.05) is 13.2 Å². The number of aromatic hydroxyl groups is 1. The predicted molar refractivity (Wildman–Crippen MR) is 94.1 cm³/mol. The van der Waals surface area contributed by atoms with E-state index < -0.39 is 10.0 Å². The standard InChI is InChI=1S/C18H23NO4S/c1-4-23-17-11-14(3)18(12-13(17)2)24(21,22)19-10-9-15-7-5-6-8-16(15)20/h5-8,11-12,19-20H,4,9-10H2,1-3H3. The summed E-state index contributed by atoms with van der Waals surface area (Å²) in [6, 6.07) is 10.3. The van der Waals surface area contributed by atoms with Crippen molar-refractivity contribution in [3.8, 4) is 11.5 Å². The third kappa shape index (κ3) is 4.27. The SMILES string of the molecule is CCOc1cc(C)c(S(=O)(=O)NCCc2ccccc2O)cc1C. The van der Waals surface area contributed by atoms with Gasteiger partial charge in [-0.1, -0.05) is 18.2 Å². The van der Waals surface area contributed by atoms with Gasteiger partial charge in [-0.3, -0.25) is 0 Å². The smallest absolute Gasteiger partial charge is 0.240 e. The van der Waals surface area contributed by atoms with Crippen LogP contribution in [0.4, 0.5) is 0 Å². The number of nitrogens with one attached hydrogen (secondary N) is 1. The lowest BCUT2D eigenvalue weighted by atomic mass is 10.1. The van der Waals surface area contributed by atoms with E-state index in [0.29, 0.717) is 29.9 Å². The van der Waals surface area contributed by atoms with Crippen LogP contribution in [0, 0.1) is 13.8 Å². The van der Waals surface area contributed by atoms with Gasteiger partial charge in [-0.2, -0.15) is 0 Å². The fourth-order valence-corrected chi connectivity index (χ4v) is 3.82. The molecule has 0 atom stereocenters. The minimum absolute atomic E-state index is 0.171. The van der Waals surface area contributed by atoms with E-state index in [2.05, 4.69) is 4.72 Å². The zero-order valence-electron chi connectivity index (χ0n) is 14.2. The highest BCUT2D eigenvalue weighted by Crippen LogP contribution is 2.26. The average Bonchev–Trinajstić information content (AvgIpc) is 2.52. The fourth-order valence-electron chi connectivity index (χ4n) is 2.48. The summed E-state index contributed by atoms with van der Waals surface area (Å²) in [6.07, 6.45) is 0.418. The maximum absolute atomic E-state index is 12.5. The summed E-state index contributed by atoms with van der Waals surface area (Å²) in [5.74, 6) is 0.868. The summed E-state index contributed by atoms with van der Waals surface area (Å²) < 4.78 is 33.2. The summed E-state index contributed by atoms with van der Waals surface area (Å²) in [7, 11) is -3.62. The maximum atomic E-state index is 12.5.